The Kier molecular flexibility index (Phi) is 5.09. The van der Waals surface area contributed by atoms with Crippen LogP contribution in [-0.2, 0) is 0 Å². The minimum Gasteiger partial charge on any atom is -0.379 e. The van der Waals surface area contributed by atoms with Crippen molar-refractivity contribution in [2.75, 3.05) is 11.9 Å². The third kappa shape index (κ3) is 3.65. The average molecular weight is 306 g/mol. The first-order valence-corrected chi connectivity index (χ1v) is 6.61. The van der Waals surface area contributed by atoms with Gasteiger partial charge in [-0.05, 0) is 47.5 Å². The summed E-state index contributed by atoms with van der Waals surface area (Å²) in [4.78, 5) is 0. The van der Waals surface area contributed by atoms with Crippen molar-refractivity contribution in [3.63, 3.8) is 0 Å². The number of nitrogens with one attached hydrogen (secondary N) is 1. The van der Waals surface area contributed by atoms with E-state index in [4.69, 9.17) is 17.3 Å². The molecule has 0 aliphatic rings. The summed E-state index contributed by atoms with van der Waals surface area (Å²) in [5, 5.41) is 4.15. The van der Waals surface area contributed by atoms with Crippen molar-refractivity contribution in [1.29, 1.82) is 0 Å². The van der Waals surface area contributed by atoms with Crippen molar-refractivity contribution < 1.29 is 0 Å². The molecule has 1 aromatic rings. The van der Waals surface area contributed by atoms with Crippen LogP contribution >= 0.6 is 27.5 Å². The third-order valence-electron chi connectivity index (χ3n) is 2.62. The first-order valence-electron chi connectivity index (χ1n) is 5.44. The smallest absolute Gasteiger partial charge is 0.0568 e. The number of hydrogen-bond acceptors (Lipinski definition) is 2. The van der Waals surface area contributed by atoms with E-state index in [0.717, 1.165) is 23.0 Å². The second-order valence-corrected chi connectivity index (χ2v) is 5.53. The van der Waals surface area contributed by atoms with Gasteiger partial charge in [0.1, 0.15) is 0 Å². The van der Waals surface area contributed by atoms with Gasteiger partial charge in [-0.25, -0.2) is 0 Å². The van der Waals surface area contributed by atoms with E-state index >= 15 is 0 Å². The predicted octanol–water partition coefficient (Wildman–Crippen LogP) is 4.03. The molecule has 0 heterocycles. The summed E-state index contributed by atoms with van der Waals surface area (Å²) in [5.74, 6) is 0. The van der Waals surface area contributed by atoms with Crippen LogP contribution in [0.2, 0.25) is 5.02 Å². The van der Waals surface area contributed by atoms with E-state index in [1.54, 1.807) is 0 Å². The normalized spacial score (nSPS) is 14.6. The number of nitrogens with two attached hydrogens (primary N) is 1. The second kappa shape index (κ2) is 5.89. The molecule has 0 bridgehead atoms. The van der Waals surface area contributed by atoms with Crippen LogP contribution in [0, 0.1) is 0 Å². The van der Waals surface area contributed by atoms with Crippen LogP contribution in [0.5, 0.6) is 0 Å². The number of benzene rings is 1. The maximum absolute atomic E-state index is 6.04. The summed E-state index contributed by atoms with van der Waals surface area (Å²) in [6, 6.07) is 5.85. The van der Waals surface area contributed by atoms with Crippen LogP contribution in [0.1, 0.15) is 26.7 Å². The Morgan fingerprint density at radius 3 is 2.69 bits per heavy atom. The van der Waals surface area contributed by atoms with Crippen molar-refractivity contribution in [3.05, 3.63) is 27.7 Å². The van der Waals surface area contributed by atoms with E-state index < -0.39 is 0 Å². The Hall–Kier alpha value is -0.250. The maximum atomic E-state index is 6.04. The Balaban J connectivity index is 2.81. The lowest BCUT2D eigenvalue weighted by atomic mass is 9.96. The molecule has 1 atom stereocenters. The summed E-state index contributed by atoms with van der Waals surface area (Å²) >= 11 is 9.42. The molecule has 0 saturated heterocycles. The fraction of sp³-hybridized carbons (Fsp3) is 0.500. The predicted molar refractivity (Wildman–Crippen MR) is 75.1 cm³/mol. The van der Waals surface area contributed by atoms with Crippen molar-refractivity contribution >= 4 is 33.2 Å². The highest BCUT2D eigenvalue weighted by Crippen LogP contribution is 2.27. The molecular formula is C12H18BrClN2. The van der Waals surface area contributed by atoms with Gasteiger partial charge in [-0.2, -0.15) is 0 Å². The number of halogens is 2. The Labute approximate surface area is 111 Å². The number of anilines is 1. The molecule has 3 N–H and O–H groups in total. The molecule has 0 amide bonds. The van der Waals surface area contributed by atoms with Crippen molar-refractivity contribution in [2.24, 2.45) is 5.73 Å². The van der Waals surface area contributed by atoms with Crippen LogP contribution < -0.4 is 11.1 Å². The molecular weight excluding hydrogens is 288 g/mol. The molecule has 0 spiro atoms. The molecule has 0 fully saturated rings. The lowest BCUT2D eigenvalue weighted by Crippen LogP contribution is -2.42. The van der Waals surface area contributed by atoms with Gasteiger partial charge < -0.3 is 11.1 Å². The SMILES string of the molecule is CCCC(C)(CN)Nc1ccc(Br)c(Cl)c1. The Morgan fingerprint density at radius 1 is 1.50 bits per heavy atom. The largest absolute Gasteiger partial charge is 0.379 e. The van der Waals surface area contributed by atoms with Gasteiger partial charge in [0, 0.05) is 22.2 Å². The van der Waals surface area contributed by atoms with E-state index in [1.807, 2.05) is 18.2 Å². The molecule has 0 saturated carbocycles. The lowest BCUT2D eigenvalue weighted by molar-refractivity contribution is 0.476. The summed E-state index contributed by atoms with van der Waals surface area (Å²) in [5.41, 5.74) is 6.75. The minimum absolute atomic E-state index is 0.0636. The quantitative estimate of drug-likeness (QED) is 0.862. The molecule has 4 heteroatoms. The number of rotatable bonds is 5. The highest BCUT2D eigenvalue weighted by molar-refractivity contribution is 9.10. The summed E-state index contributed by atoms with van der Waals surface area (Å²) in [6.07, 6.45) is 2.14. The molecule has 0 aliphatic carbocycles. The molecule has 0 aromatic heterocycles. The van der Waals surface area contributed by atoms with Gasteiger partial charge in [-0.1, -0.05) is 24.9 Å². The van der Waals surface area contributed by atoms with Crippen LogP contribution in [-0.4, -0.2) is 12.1 Å². The van der Waals surface area contributed by atoms with Gasteiger partial charge in [0.05, 0.1) is 5.02 Å². The molecule has 1 aromatic carbocycles. The van der Waals surface area contributed by atoms with Gasteiger partial charge in [-0.3, -0.25) is 0 Å². The molecule has 90 valence electrons. The van der Waals surface area contributed by atoms with Crippen molar-refractivity contribution in [1.82, 2.24) is 0 Å². The zero-order valence-electron chi connectivity index (χ0n) is 9.69. The fourth-order valence-corrected chi connectivity index (χ4v) is 2.12. The van der Waals surface area contributed by atoms with E-state index in [9.17, 15) is 0 Å². The minimum atomic E-state index is -0.0636. The van der Waals surface area contributed by atoms with E-state index in [2.05, 4.69) is 35.1 Å². The highest BCUT2D eigenvalue weighted by Gasteiger charge is 2.20. The monoisotopic (exact) mass is 304 g/mol. The Morgan fingerprint density at radius 2 is 2.19 bits per heavy atom. The van der Waals surface area contributed by atoms with Gasteiger partial charge in [0.2, 0.25) is 0 Å². The molecule has 0 radical (unpaired) electrons. The first-order chi connectivity index (χ1) is 7.50. The maximum Gasteiger partial charge on any atom is 0.0568 e. The average Bonchev–Trinajstić information content (AvgIpc) is 2.24. The summed E-state index contributed by atoms with van der Waals surface area (Å²) < 4.78 is 0.907. The molecule has 0 aliphatic heterocycles. The topological polar surface area (TPSA) is 38.0 Å². The van der Waals surface area contributed by atoms with Crippen molar-refractivity contribution in [3.8, 4) is 0 Å². The van der Waals surface area contributed by atoms with Gasteiger partial charge >= 0.3 is 0 Å². The fourth-order valence-electron chi connectivity index (χ4n) is 1.69. The summed E-state index contributed by atoms with van der Waals surface area (Å²) in [6.45, 7) is 4.89. The highest BCUT2D eigenvalue weighted by atomic mass is 79.9. The van der Waals surface area contributed by atoms with E-state index in [0.29, 0.717) is 11.6 Å². The van der Waals surface area contributed by atoms with Crippen LogP contribution in [0.15, 0.2) is 22.7 Å². The number of hydrogen-bond donors (Lipinski definition) is 2. The zero-order valence-corrected chi connectivity index (χ0v) is 12.0. The van der Waals surface area contributed by atoms with Crippen LogP contribution in [0.4, 0.5) is 5.69 Å². The molecule has 1 rings (SSSR count). The van der Waals surface area contributed by atoms with Crippen molar-refractivity contribution in [2.45, 2.75) is 32.2 Å². The third-order valence-corrected chi connectivity index (χ3v) is 3.85. The van der Waals surface area contributed by atoms with Crippen LogP contribution in [0.3, 0.4) is 0 Å². The van der Waals surface area contributed by atoms with Gasteiger partial charge in [0.25, 0.3) is 0 Å². The summed E-state index contributed by atoms with van der Waals surface area (Å²) in [7, 11) is 0. The molecule has 2 nitrogen and oxygen atoms in total. The van der Waals surface area contributed by atoms with Crippen LogP contribution in [0.25, 0.3) is 0 Å². The standard InChI is InChI=1S/C12H18BrClN2/c1-3-6-12(2,8-15)16-9-4-5-10(13)11(14)7-9/h4-5,7,16H,3,6,8,15H2,1-2H3. The lowest BCUT2D eigenvalue weighted by Gasteiger charge is -2.30. The van der Waals surface area contributed by atoms with E-state index in [-0.39, 0.29) is 5.54 Å². The van der Waals surface area contributed by atoms with Gasteiger partial charge in [-0.15, -0.1) is 0 Å². The molecule has 16 heavy (non-hydrogen) atoms. The Bertz CT molecular complexity index is 357. The van der Waals surface area contributed by atoms with E-state index in [1.165, 1.54) is 0 Å². The zero-order chi connectivity index (χ0) is 12.2. The second-order valence-electron chi connectivity index (χ2n) is 4.27. The van der Waals surface area contributed by atoms with Gasteiger partial charge in [0.15, 0.2) is 0 Å². The first kappa shape index (κ1) is 13.8. The molecule has 1 unspecified atom stereocenters.